The maximum Gasteiger partial charge on any atom is 0.324 e. The summed E-state index contributed by atoms with van der Waals surface area (Å²) >= 11 is 1.41. The molecule has 1 fully saturated rings. The summed E-state index contributed by atoms with van der Waals surface area (Å²) in [6.07, 6.45) is 4.14. The van der Waals surface area contributed by atoms with Gasteiger partial charge in [0.05, 0.1) is 16.3 Å². The Kier molecular flexibility index (Phi) is 4.14. The largest absolute Gasteiger partial charge is 0.368 e. The maximum atomic E-state index is 12.4. The summed E-state index contributed by atoms with van der Waals surface area (Å²) in [6.45, 7) is 6.77. The molecular weight excluding hydrogens is 364 g/mol. The first-order valence-electron chi connectivity index (χ1n) is 8.97. The highest BCUT2D eigenvalue weighted by molar-refractivity contribution is 7.19. The van der Waals surface area contributed by atoms with Crippen LogP contribution in [0.1, 0.15) is 44.3 Å². The lowest BCUT2D eigenvalue weighted by molar-refractivity contribution is -0.125. The standard InChI is InChI=1S/C18H22N6O2S/c1-18(2,3)15-20-8-9-4-5-10-13(12(9)22-15)27-16(21-10)23-17(26)24-7-6-11(24)14(19)25/h8,11H,4-7H2,1-3H3,(H2,19,25)(H,21,23,26)/t11-/m0/s1. The van der Waals surface area contributed by atoms with Crippen LogP contribution in [0.4, 0.5) is 9.93 Å². The number of likely N-dealkylation sites (tertiary alicyclic amines) is 1. The molecule has 2 aromatic heterocycles. The van der Waals surface area contributed by atoms with Crippen LogP contribution in [-0.4, -0.2) is 44.4 Å². The zero-order valence-corrected chi connectivity index (χ0v) is 16.4. The number of nitrogens with two attached hydrogens (primary N) is 1. The molecule has 9 heteroatoms. The Hall–Kier alpha value is -2.55. The summed E-state index contributed by atoms with van der Waals surface area (Å²) in [5.74, 6) is 0.313. The lowest BCUT2D eigenvalue weighted by atomic mass is 9.94. The number of hydrogen-bond donors (Lipinski definition) is 2. The summed E-state index contributed by atoms with van der Waals surface area (Å²) in [5.41, 5.74) is 8.13. The van der Waals surface area contributed by atoms with Gasteiger partial charge < -0.3 is 10.6 Å². The van der Waals surface area contributed by atoms with Gasteiger partial charge in [-0.1, -0.05) is 32.1 Å². The fourth-order valence-corrected chi connectivity index (χ4v) is 4.28. The van der Waals surface area contributed by atoms with Crippen molar-refractivity contribution in [2.24, 2.45) is 5.73 Å². The summed E-state index contributed by atoms with van der Waals surface area (Å²) < 4.78 is 0. The zero-order valence-electron chi connectivity index (χ0n) is 15.6. The van der Waals surface area contributed by atoms with E-state index in [0.717, 1.165) is 40.5 Å². The molecule has 0 bridgehead atoms. The number of carbonyl (C=O) groups excluding carboxylic acids is 2. The Morgan fingerprint density at radius 1 is 1.30 bits per heavy atom. The molecule has 8 nitrogen and oxygen atoms in total. The highest BCUT2D eigenvalue weighted by Crippen LogP contribution is 2.39. The highest BCUT2D eigenvalue weighted by Gasteiger charge is 2.37. The molecule has 3 amide bonds. The summed E-state index contributed by atoms with van der Waals surface area (Å²) in [6, 6.07) is -0.864. The number of nitrogens with one attached hydrogen (secondary N) is 1. The van der Waals surface area contributed by atoms with Crippen molar-refractivity contribution in [1.82, 2.24) is 19.9 Å². The molecule has 1 aliphatic carbocycles. The number of aryl methyl sites for hydroxylation is 2. The van der Waals surface area contributed by atoms with Crippen LogP contribution in [0.25, 0.3) is 10.6 Å². The maximum absolute atomic E-state index is 12.4. The molecule has 0 radical (unpaired) electrons. The van der Waals surface area contributed by atoms with E-state index in [9.17, 15) is 9.59 Å². The van der Waals surface area contributed by atoms with Crippen molar-refractivity contribution in [2.75, 3.05) is 11.9 Å². The number of thiazole rings is 1. The van der Waals surface area contributed by atoms with Crippen molar-refractivity contribution in [3.05, 3.63) is 23.3 Å². The minimum Gasteiger partial charge on any atom is -0.368 e. The predicted octanol–water partition coefficient (Wildman–Crippen LogP) is 2.09. The quantitative estimate of drug-likeness (QED) is 0.820. The third-order valence-electron chi connectivity index (χ3n) is 4.90. The number of anilines is 1. The second-order valence-corrected chi connectivity index (χ2v) is 8.94. The normalized spacial score (nSPS) is 18.3. The molecule has 142 valence electrons. The predicted molar refractivity (Wildman–Crippen MR) is 103 cm³/mol. The van der Waals surface area contributed by atoms with Crippen molar-refractivity contribution in [3.8, 4) is 10.6 Å². The minimum atomic E-state index is -0.526. The van der Waals surface area contributed by atoms with E-state index < -0.39 is 11.9 Å². The Labute approximate surface area is 161 Å². The SMILES string of the molecule is CC(C)(C)c1ncc2c(n1)-c1sc(NC(=O)N3CC[C@H]3C(N)=O)nc1CC2. The molecule has 0 spiro atoms. The second kappa shape index (κ2) is 6.26. The number of hydrogen-bond acceptors (Lipinski definition) is 6. The van der Waals surface area contributed by atoms with Crippen LogP contribution in [0, 0.1) is 0 Å². The van der Waals surface area contributed by atoms with Gasteiger partial charge in [0.15, 0.2) is 5.13 Å². The molecule has 0 unspecified atom stereocenters. The number of fused-ring (bicyclic) bond motifs is 3. The number of aromatic nitrogens is 3. The van der Waals surface area contributed by atoms with Gasteiger partial charge >= 0.3 is 6.03 Å². The van der Waals surface area contributed by atoms with Crippen molar-refractivity contribution in [2.45, 2.75) is 51.5 Å². The summed E-state index contributed by atoms with van der Waals surface area (Å²) in [4.78, 5) is 40.0. The average Bonchev–Trinajstić information content (AvgIpc) is 2.94. The van der Waals surface area contributed by atoms with Gasteiger partial charge in [0.25, 0.3) is 0 Å². The molecule has 27 heavy (non-hydrogen) atoms. The van der Waals surface area contributed by atoms with E-state index in [2.05, 4.69) is 36.1 Å². The molecule has 1 aliphatic heterocycles. The van der Waals surface area contributed by atoms with Gasteiger partial charge in [-0.3, -0.25) is 10.1 Å². The Bertz CT molecular complexity index is 932. The third kappa shape index (κ3) is 3.16. The number of primary amides is 1. The fraction of sp³-hybridized carbons (Fsp3) is 0.500. The molecule has 1 atom stereocenters. The highest BCUT2D eigenvalue weighted by atomic mass is 32.1. The van der Waals surface area contributed by atoms with E-state index in [1.807, 2.05) is 6.20 Å². The summed E-state index contributed by atoms with van der Waals surface area (Å²) in [5, 5.41) is 3.32. The minimum absolute atomic E-state index is 0.143. The monoisotopic (exact) mass is 386 g/mol. The van der Waals surface area contributed by atoms with Gasteiger partial charge in [-0.15, -0.1) is 0 Å². The van der Waals surface area contributed by atoms with Crippen molar-refractivity contribution in [1.29, 1.82) is 0 Å². The third-order valence-corrected chi connectivity index (χ3v) is 5.92. The fourth-order valence-electron chi connectivity index (χ4n) is 3.25. The number of nitrogens with zero attached hydrogens (tertiary/aromatic N) is 4. The van der Waals surface area contributed by atoms with Crippen LogP contribution >= 0.6 is 11.3 Å². The van der Waals surface area contributed by atoms with Crippen LogP contribution in [0.3, 0.4) is 0 Å². The number of carbonyl (C=O) groups is 2. The molecule has 2 aliphatic rings. The van der Waals surface area contributed by atoms with Gasteiger partial charge in [0.1, 0.15) is 11.9 Å². The Morgan fingerprint density at radius 3 is 2.70 bits per heavy atom. The molecule has 2 aromatic rings. The Morgan fingerprint density at radius 2 is 2.07 bits per heavy atom. The van der Waals surface area contributed by atoms with Gasteiger partial charge in [0, 0.05) is 18.2 Å². The first kappa shape index (κ1) is 17.8. The number of rotatable bonds is 2. The average molecular weight is 386 g/mol. The Balaban J connectivity index is 1.60. The molecule has 1 saturated heterocycles. The van der Waals surface area contributed by atoms with Gasteiger partial charge in [-0.05, 0) is 24.8 Å². The van der Waals surface area contributed by atoms with Crippen LogP contribution in [-0.2, 0) is 23.1 Å². The van der Waals surface area contributed by atoms with E-state index in [0.29, 0.717) is 18.1 Å². The van der Waals surface area contributed by atoms with Crippen LogP contribution in [0.15, 0.2) is 6.20 Å². The molecule has 3 heterocycles. The first-order chi connectivity index (χ1) is 12.7. The smallest absolute Gasteiger partial charge is 0.324 e. The topological polar surface area (TPSA) is 114 Å². The van der Waals surface area contributed by atoms with Crippen LogP contribution in [0.2, 0.25) is 0 Å². The van der Waals surface area contributed by atoms with Crippen molar-refractivity contribution >= 4 is 28.4 Å². The van der Waals surface area contributed by atoms with Crippen molar-refractivity contribution in [3.63, 3.8) is 0 Å². The van der Waals surface area contributed by atoms with E-state index in [1.165, 1.54) is 16.2 Å². The van der Waals surface area contributed by atoms with E-state index in [1.54, 1.807) is 0 Å². The van der Waals surface area contributed by atoms with E-state index >= 15 is 0 Å². The molecule has 4 rings (SSSR count). The van der Waals surface area contributed by atoms with Gasteiger partial charge in [-0.25, -0.2) is 19.7 Å². The van der Waals surface area contributed by atoms with Gasteiger partial charge in [0.2, 0.25) is 5.91 Å². The molecule has 3 N–H and O–H groups in total. The van der Waals surface area contributed by atoms with Crippen LogP contribution in [0.5, 0.6) is 0 Å². The first-order valence-corrected chi connectivity index (χ1v) is 9.79. The van der Waals surface area contributed by atoms with E-state index in [-0.39, 0.29) is 11.4 Å². The van der Waals surface area contributed by atoms with Gasteiger partial charge in [-0.2, -0.15) is 0 Å². The molecular formula is C18H22N6O2S. The second-order valence-electron chi connectivity index (χ2n) is 7.94. The zero-order chi connectivity index (χ0) is 19.3. The number of amides is 3. The lowest BCUT2D eigenvalue weighted by Crippen LogP contribution is -2.58. The lowest BCUT2D eigenvalue weighted by Gasteiger charge is -2.38. The molecule has 0 saturated carbocycles. The number of urea groups is 1. The molecule has 0 aromatic carbocycles. The van der Waals surface area contributed by atoms with Crippen LogP contribution < -0.4 is 11.1 Å². The van der Waals surface area contributed by atoms with Crippen molar-refractivity contribution < 1.29 is 9.59 Å². The van der Waals surface area contributed by atoms with E-state index in [4.69, 9.17) is 10.7 Å². The summed E-state index contributed by atoms with van der Waals surface area (Å²) in [7, 11) is 0.